The van der Waals surface area contributed by atoms with Crippen molar-refractivity contribution in [3.05, 3.63) is 94.5 Å². The van der Waals surface area contributed by atoms with Gasteiger partial charge in [-0.15, -0.1) is 0 Å². The second kappa shape index (κ2) is 17.4. The van der Waals surface area contributed by atoms with Crippen LogP contribution in [-0.2, 0) is 41.6 Å². The summed E-state index contributed by atoms with van der Waals surface area (Å²) in [5.74, 6) is -3.06. The molecule has 19 heteroatoms. The molecule has 0 bridgehead atoms. The number of rotatable bonds is 12. The maximum atomic E-state index is 13.2. The second-order valence-electron chi connectivity index (χ2n) is 12.9. The van der Waals surface area contributed by atoms with Crippen molar-refractivity contribution in [1.29, 1.82) is 0 Å². The molecule has 1 atom stereocenters. The molecule has 4 aromatic carbocycles. The smallest absolute Gasteiger partial charge is 0.416 e. The number of alkyl halides is 6. The quantitative estimate of drug-likeness (QED) is 0.131. The molecule has 0 spiro atoms. The largest absolute Gasteiger partial charge is 0.479 e. The monoisotopic (exact) mass is 866 g/mol. The van der Waals surface area contributed by atoms with Gasteiger partial charge in [0, 0.05) is 21.7 Å². The molecule has 0 radical (unpaired) electrons. The summed E-state index contributed by atoms with van der Waals surface area (Å²) in [7, 11) is -7.05. The van der Waals surface area contributed by atoms with E-state index >= 15 is 0 Å². The summed E-state index contributed by atoms with van der Waals surface area (Å²) < 4.78 is 138. The van der Waals surface area contributed by atoms with Crippen molar-refractivity contribution in [2.75, 3.05) is 11.5 Å². The predicted octanol–water partition coefficient (Wildman–Crippen LogP) is 9.39. The third-order valence-electron chi connectivity index (χ3n) is 8.34. The van der Waals surface area contributed by atoms with Crippen LogP contribution in [-0.4, -0.2) is 62.2 Å². The molecule has 10 nitrogen and oxygen atoms in total. The Morgan fingerprint density at radius 2 is 1.12 bits per heavy atom. The Morgan fingerprint density at radius 3 is 1.53 bits per heavy atom. The number of carboxylic acids is 2. The molecule has 4 aromatic rings. The number of hydrogen-bond donors (Lipinski definition) is 2. The van der Waals surface area contributed by atoms with E-state index in [2.05, 4.69) is 0 Å². The van der Waals surface area contributed by atoms with Crippen molar-refractivity contribution in [1.82, 2.24) is 0 Å². The van der Waals surface area contributed by atoms with Crippen LogP contribution in [0.4, 0.5) is 26.3 Å². The Kier molecular flexibility index (Phi) is 14.2. The molecule has 2 N–H and O–H groups in total. The molecule has 4 rings (SSSR count). The number of aliphatic carboxylic acids is 2. The third-order valence-corrected chi connectivity index (χ3v) is 12.1. The minimum atomic E-state index is -4.65. The van der Waals surface area contributed by atoms with Crippen molar-refractivity contribution in [2.45, 2.75) is 75.4 Å². The van der Waals surface area contributed by atoms with Gasteiger partial charge in [-0.05, 0) is 99.5 Å². The lowest BCUT2D eigenvalue weighted by Gasteiger charge is -2.24. The molecule has 310 valence electrons. The van der Waals surface area contributed by atoms with Crippen LogP contribution in [0.15, 0.2) is 82.6 Å². The number of ether oxygens (including phenoxy) is 2. The number of aryl methyl sites for hydroxylation is 1. The van der Waals surface area contributed by atoms with Gasteiger partial charge in [-0.25, -0.2) is 26.4 Å². The first-order valence-corrected chi connectivity index (χ1v) is 20.3. The van der Waals surface area contributed by atoms with Crippen LogP contribution in [0.5, 0.6) is 11.5 Å². The number of benzene rings is 4. The number of carboxylic acid groups (broad SMARTS) is 2. The molecule has 0 aromatic heterocycles. The van der Waals surface area contributed by atoms with Crippen molar-refractivity contribution in [3.63, 3.8) is 0 Å². The first-order chi connectivity index (χ1) is 26.0. The molecule has 57 heavy (non-hydrogen) atoms. The van der Waals surface area contributed by atoms with Crippen molar-refractivity contribution in [3.8, 4) is 33.8 Å². The molecule has 0 heterocycles. The van der Waals surface area contributed by atoms with E-state index < -0.39 is 66.8 Å². The zero-order valence-corrected chi connectivity index (χ0v) is 33.4. The standard InChI is InChI=1S/C20H21F3O5S.C18H16ClF3O5S/c1-5-29(26,27)14-7-8-15(12(2)10-14)16-11-13(20(21,22)23)6-9-17(16)28-19(3,4)18(24)25;1-3-28(25,26)12-5-6-13(15(19)9-12)14-8-11(18(20,21)22)4-7-16(14)27-10(2)17(23)24/h6-11H,5H2,1-4H3,(H,24,25);4-10H,3H2,1-2H3,(H,23,24)/t;10-/m.0/s1. The average molecular weight is 867 g/mol. The number of hydrogen-bond acceptors (Lipinski definition) is 8. The van der Waals surface area contributed by atoms with Gasteiger partial charge < -0.3 is 19.7 Å². The van der Waals surface area contributed by atoms with Gasteiger partial charge in [-0.2, -0.15) is 26.3 Å². The fourth-order valence-corrected chi connectivity index (χ4v) is 7.18. The lowest BCUT2D eigenvalue weighted by molar-refractivity contribution is -0.152. The van der Waals surface area contributed by atoms with E-state index in [0.29, 0.717) is 11.1 Å². The van der Waals surface area contributed by atoms with Crippen LogP contribution in [0, 0.1) is 6.92 Å². The highest BCUT2D eigenvalue weighted by Crippen LogP contribution is 2.42. The lowest BCUT2D eigenvalue weighted by atomic mass is 9.97. The van der Waals surface area contributed by atoms with Crippen LogP contribution < -0.4 is 9.47 Å². The average Bonchev–Trinajstić information content (AvgIpc) is 3.11. The SMILES string of the molecule is CCS(=O)(=O)c1ccc(-c2cc(C(F)(F)F)ccc2OC(C)(C)C(=O)O)c(C)c1.CCS(=O)(=O)c1ccc(-c2cc(C(F)(F)F)ccc2O[C@@H](C)C(=O)O)c(Cl)c1. The molecule has 0 fully saturated rings. The van der Waals surface area contributed by atoms with E-state index in [0.717, 1.165) is 42.5 Å². The van der Waals surface area contributed by atoms with Gasteiger partial charge in [0.25, 0.3) is 0 Å². The Balaban J connectivity index is 0.000000306. The van der Waals surface area contributed by atoms with Gasteiger partial charge >= 0.3 is 24.3 Å². The Morgan fingerprint density at radius 1 is 0.684 bits per heavy atom. The molecule has 0 saturated heterocycles. The van der Waals surface area contributed by atoms with E-state index in [9.17, 15) is 57.9 Å². The summed E-state index contributed by atoms with van der Waals surface area (Å²) in [6, 6.07) is 13.0. The summed E-state index contributed by atoms with van der Waals surface area (Å²) in [6.07, 6.45) is -10.6. The first kappa shape index (κ1) is 46.6. The molecule has 0 aliphatic heterocycles. The van der Waals surface area contributed by atoms with E-state index in [1.165, 1.54) is 65.0 Å². The van der Waals surface area contributed by atoms with Crippen molar-refractivity contribution < 1.29 is 72.5 Å². The number of carbonyl (C=O) groups is 2. The van der Waals surface area contributed by atoms with Crippen LogP contribution in [0.1, 0.15) is 51.3 Å². The minimum Gasteiger partial charge on any atom is -0.479 e. The van der Waals surface area contributed by atoms with Crippen molar-refractivity contribution in [2.24, 2.45) is 0 Å². The van der Waals surface area contributed by atoms with Crippen LogP contribution in [0.3, 0.4) is 0 Å². The fraction of sp³-hybridized carbons (Fsp3) is 0.316. The van der Waals surface area contributed by atoms with Gasteiger partial charge in [0.2, 0.25) is 0 Å². The van der Waals surface area contributed by atoms with E-state index in [1.54, 1.807) is 6.92 Å². The van der Waals surface area contributed by atoms with E-state index in [-0.39, 0.29) is 54.5 Å². The fourth-order valence-electron chi connectivity index (χ4n) is 4.96. The zero-order valence-electron chi connectivity index (χ0n) is 31.0. The number of sulfone groups is 2. The minimum absolute atomic E-state index is 0.0205. The molecule has 0 aliphatic carbocycles. The summed E-state index contributed by atoms with van der Waals surface area (Å²) in [5.41, 5.74) is -2.89. The second-order valence-corrected chi connectivity index (χ2v) is 17.8. The van der Waals surface area contributed by atoms with Crippen LogP contribution in [0.25, 0.3) is 22.3 Å². The summed E-state index contributed by atoms with van der Waals surface area (Å²) in [4.78, 5) is 22.4. The van der Waals surface area contributed by atoms with Crippen LogP contribution >= 0.6 is 11.6 Å². The molecule has 0 aliphatic rings. The van der Waals surface area contributed by atoms with Crippen LogP contribution in [0.2, 0.25) is 5.02 Å². The van der Waals surface area contributed by atoms with Gasteiger partial charge in [0.15, 0.2) is 31.4 Å². The predicted molar refractivity (Wildman–Crippen MR) is 199 cm³/mol. The molecule has 0 saturated carbocycles. The van der Waals surface area contributed by atoms with E-state index in [4.69, 9.17) is 26.2 Å². The lowest BCUT2D eigenvalue weighted by Crippen LogP contribution is -2.38. The maximum absolute atomic E-state index is 13.2. The summed E-state index contributed by atoms with van der Waals surface area (Å²) in [5, 5.41) is 18.2. The molecular formula is C38H37ClF6O10S2. The first-order valence-electron chi connectivity index (χ1n) is 16.7. The highest BCUT2D eigenvalue weighted by atomic mass is 35.5. The van der Waals surface area contributed by atoms with Gasteiger partial charge in [-0.1, -0.05) is 37.6 Å². The van der Waals surface area contributed by atoms with Gasteiger partial charge in [0.1, 0.15) is 11.5 Å². The highest BCUT2D eigenvalue weighted by Gasteiger charge is 2.35. The Bertz CT molecular complexity index is 2380. The Labute approximate surface area is 329 Å². The zero-order chi connectivity index (χ0) is 43.5. The van der Waals surface area contributed by atoms with E-state index in [1.807, 2.05) is 0 Å². The number of halogens is 7. The Hall–Kier alpha value is -4.81. The summed E-state index contributed by atoms with van der Waals surface area (Å²) in [6.45, 7) is 8.29. The molecular weight excluding hydrogens is 830 g/mol. The normalized spacial score (nSPS) is 12.9. The summed E-state index contributed by atoms with van der Waals surface area (Å²) >= 11 is 6.15. The van der Waals surface area contributed by atoms with Crippen molar-refractivity contribution >= 4 is 43.2 Å². The van der Waals surface area contributed by atoms with Gasteiger partial charge in [0.05, 0.1) is 32.4 Å². The maximum Gasteiger partial charge on any atom is 0.416 e. The molecule has 0 unspecified atom stereocenters. The third kappa shape index (κ3) is 11.4. The topological polar surface area (TPSA) is 161 Å². The molecule has 0 amide bonds. The van der Waals surface area contributed by atoms with Gasteiger partial charge in [-0.3, -0.25) is 0 Å². The highest BCUT2D eigenvalue weighted by molar-refractivity contribution is 7.91.